The molecule has 0 aliphatic carbocycles. The van der Waals surface area contributed by atoms with E-state index in [1.54, 1.807) is 19.2 Å². The average Bonchev–Trinajstić information content (AvgIpc) is 2.72. The first-order chi connectivity index (χ1) is 14.3. The molecule has 0 radical (unpaired) electrons. The van der Waals surface area contributed by atoms with Gasteiger partial charge in [0.05, 0.1) is 11.3 Å². The predicted octanol–water partition coefficient (Wildman–Crippen LogP) is 4.38. The molecule has 3 aromatic rings. The second-order valence-corrected chi connectivity index (χ2v) is 7.70. The Morgan fingerprint density at radius 2 is 1.63 bits per heavy atom. The third-order valence-electron chi connectivity index (χ3n) is 4.53. The fourth-order valence-electron chi connectivity index (χ4n) is 2.99. The van der Waals surface area contributed by atoms with Crippen molar-refractivity contribution >= 4 is 50.2 Å². The zero-order valence-electron chi connectivity index (χ0n) is 16.6. The molecule has 0 fully saturated rings. The maximum Gasteiger partial charge on any atom is 0.340 e. The smallest absolute Gasteiger partial charge is 0.340 e. The second kappa shape index (κ2) is 9.54. The van der Waals surface area contributed by atoms with Crippen molar-refractivity contribution in [1.29, 1.82) is 0 Å². The molecular formula is C23H21BrN2O4. The van der Waals surface area contributed by atoms with Crippen LogP contribution in [0.3, 0.4) is 0 Å². The number of likely N-dealkylation sites (N-methyl/N-ethyl adjacent to an activating group) is 1. The lowest BCUT2D eigenvalue weighted by molar-refractivity contribution is -0.133. The van der Waals surface area contributed by atoms with Crippen LogP contribution in [0.5, 0.6) is 0 Å². The zero-order chi connectivity index (χ0) is 21.7. The van der Waals surface area contributed by atoms with Crippen LogP contribution in [0.15, 0.2) is 65.1 Å². The first-order valence-corrected chi connectivity index (χ1v) is 10.1. The van der Waals surface area contributed by atoms with Crippen LogP contribution in [0, 0.1) is 0 Å². The van der Waals surface area contributed by atoms with Gasteiger partial charge < -0.3 is 15.0 Å². The molecule has 6 nitrogen and oxygen atoms in total. The maximum absolute atomic E-state index is 12.7. The summed E-state index contributed by atoms with van der Waals surface area (Å²) in [6, 6.07) is 18.4. The number of nitrogens with one attached hydrogen (secondary N) is 1. The van der Waals surface area contributed by atoms with Gasteiger partial charge in [0.25, 0.3) is 5.91 Å². The number of ether oxygens (including phenoxy) is 1. The fourth-order valence-corrected chi connectivity index (χ4v) is 3.40. The molecule has 0 aliphatic rings. The molecule has 7 heteroatoms. The largest absolute Gasteiger partial charge is 0.452 e. The molecule has 3 rings (SSSR count). The Morgan fingerprint density at radius 3 is 2.30 bits per heavy atom. The standard InChI is InChI=1S/C23H21BrN2O4/c1-15(27)25-21-12-17-8-4-3-7-16(17)11-19(21)23(29)30-14-22(28)26(2)13-18-9-5-6-10-20(18)24/h3-12H,13-14H2,1-2H3,(H,25,27). The molecule has 0 spiro atoms. The number of benzene rings is 3. The van der Waals surface area contributed by atoms with Gasteiger partial charge in [-0.1, -0.05) is 58.4 Å². The summed E-state index contributed by atoms with van der Waals surface area (Å²) in [6.45, 7) is 1.35. The molecule has 154 valence electrons. The van der Waals surface area contributed by atoms with Gasteiger partial charge in [-0.25, -0.2) is 4.79 Å². The van der Waals surface area contributed by atoms with E-state index in [1.807, 2.05) is 48.5 Å². The van der Waals surface area contributed by atoms with Crippen LogP contribution in [-0.4, -0.2) is 36.3 Å². The van der Waals surface area contributed by atoms with Gasteiger partial charge in [-0.05, 0) is 34.5 Å². The number of rotatable bonds is 6. The van der Waals surface area contributed by atoms with Gasteiger partial charge >= 0.3 is 5.97 Å². The first kappa shape index (κ1) is 21.5. The summed E-state index contributed by atoms with van der Waals surface area (Å²) in [5, 5.41) is 4.36. The lowest BCUT2D eigenvalue weighted by Gasteiger charge is -2.18. The maximum atomic E-state index is 12.7. The van der Waals surface area contributed by atoms with Crippen molar-refractivity contribution < 1.29 is 19.1 Å². The summed E-state index contributed by atoms with van der Waals surface area (Å²) in [4.78, 5) is 38.2. The van der Waals surface area contributed by atoms with Crippen LogP contribution in [0.4, 0.5) is 5.69 Å². The molecule has 0 bridgehead atoms. The van der Waals surface area contributed by atoms with Crippen molar-refractivity contribution in [1.82, 2.24) is 4.90 Å². The van der Waals surface area contributed by atoms with Gasteiger partial charge in [0.2, 0.25) is 5.91 Å². The normalized spacial score (nSPS) is 10.5. The van der Waals surface area contributed by atoms with Crippen molar-refractivity contribution in [2.45, 2.75) is 13.5 Å². The van der Waals surface area contributed by atoms with Gasteiger partial charge in [0.15, 0.2) is 6.61 Å². The highest BCUT2D eigenvalue weighted by atomic mass is 79.9. The van der Waals surface area contributed by atoms with Crippen LogP contribution < -0.4 is 5.32 Å². The third kappa shape index (κ3) is 5.24. The van der Waals surface area contributed by atoms with Crippen LogP contribution in [0.25, 0.3) is 10.8 Å². The van der Waals surface area contributed by atoms with Crippen LogP contribution in [0.2, 0.25) is 0 Å². The number of amides is 2. The second-order valence-electron chi connectivity index (χ2n) is 6.84. The molecule has 2 amide bonds. The minimum atomic E-state index is -0.674. The zero-order valence-corrected chi connectivity index (χ0v) is 18.2. The molecule has 30 heavy (non-hydrogen) atoms. The Balaban J connectivity index is 1.72. The van der Waals surface area contributed by atoms with Crippen LogP contribution in [0.1, 0.15) is 22.8 Å². The van der Waals surface area contributed by atoms with E-state index in [-0.39, 0.29) is 17.4 Å². The van der Waals surface area contributed by atoms with Gasteiger partial charge in [-0.3, -0.25) is 9.59 Å². The Hall–Kier alpha value is -3.19. The number of nitrogens with zero attached hydrogens (tertiary/aromatic N) is 1. The lowest BCUT2D eigenvalue weighted by Crippen LogP contribution is -2.31. The topological polar surface area (TPSA) is 75.7 Å². The highest BCUT2D eigenvalue weighted by Gasteiger charge is 2.18. The van der Waals surface area contributed by atoms with Crippen molar-refractivity contribution in [3.63, 3.8) is 0 Å². The number of carbonyl (C=O) groups excluding carboxylic acids is 3. The van der Waals surface area contributed by atoms with E-state index in [1.165, 1.54) is 11.8 Å². The molecule has 0 heterocycles. The number of carbonyl (C=O) groups is 3. The lowest BCUT2D eigenvalue weighted by atomic mass is 10.0. The number of hydrogen-bond acceptors (Lipinski definition) is 4. The Labute approximate surface area is 183 Å². The van der Waals surface area contributed by atoms with E-state index in [0.29, 0.717) is 12.2 Å². The average molecular weight is 469 g/mol. The van der Waals surface area contributed by atoms with Crippen molar-refractivity contribution in [2.24, 2.45) is 0 Å². The molecule has 0 unspecified atom stereocenters. The minimum absolute atomic E-state index is 0.199. The third-order valence-corrected chi connectivity index (χ3v) is 5.31. The van der Waals surface area contributed by atoms with Gasteiger partial charge in [-0.2, -0.15) is 0 Å². The Bertz CT molecular complexity index is 1110. The molecular weight excluding hydrogens is 448 g/mol. The van der Waals surface area contributed by atoms with Crippen molar-refractivity contribution in [3.8, 4) is 0 Å². The number of hydrogen-bond donors (Lipinski definition) is 1. The Kier molecular flexibility index (Phi) is 6.84. The summed E-state index contributed by atoms with van der Waals surface area (Å²) in [6.07, 6.45) is 0. The molecule has 0 aliphatic heterocycles. The summed E-state index contributed by atoms with van der Waals surface area (Å²) < 4.78 is 6.16. The highest BCUT2D eigenvalue weighted by Crippen LogP contribution is 2.25. The Morgan fingerprint density at radius 1 is 1.00 bits per heavy atom. The number of halogens is 1. The quantitative estimate of drug-likeness (QED) is 0.544. The van der Waals surface area contributed by atoms with E-state index in [9.17, 15) is 14.4 Å². The number of fused-ring (bicyclic) bond motifs is 1. The van der Waals surface area contributed by atoms with Crippen molar-refractivity contribution in [3.05, 3.63) is 76.3 Å². The monoisotopic (exact) mass is 468 g/mol. The molecule has 3 aromatic carbocycles. The molecule has 0 atom stereocenters. The minimum Gasteiger partial charge on any atom is -0.452 e. The number of anilines is 1. The van der Waals surface area contributed by atoms with E-state index >= 15 is 0 Å². The highest BCUT2D eigenvalue weighted by molar-refractivity contribution is 9.10. The van der Waals surface area contributed by atoms with Gasteiger partial charge in [0.1, 0.15) is 0 Å². The summed E-state index contributed by atoms with van der Waals surface area (Å²) in [5.74, 6) is -1.31. The van der Waals surface area contributed by atoms with E-state index in [4.69, 9.17) is 4.74 Å². The molecule has 0 aromatic heterocycles. The summed E-state index contributed by atoms with van der Waals surface area (Å²) in [5.41, 5.74) is 1.49. The number of esters is 1. The summed E-state index contributed by atoms with van der Waals surface area (Å²) in [7, 11) is 1.65. The predicted molar refractivity (Wildman–Crippen MR) is 119 cm³/mol. The van der Waals surface area contributed by atoms with E-state index < -0.39 is 12.6 Å². The fraction of sp³-hybridized carbons (Fsp3) is 0.174. The van der Waals surface area contributed by atoms with Crippen molar-refractivity contribution in [2.75, 3.05) is 19.0 Å². The first-order valence-electron chi connectivity index (χ1n) is 9.30. The van der Waals surface area contributed by atoms with E-state index in [2.05, 4.69) is 21.2 Å². The molecule has 0 saturated carbocycles. The van der Waals surface area contributed by atoms with Gasteiger partial charge in [-0.15, -0.1) is 0 Å². The van der Waals surface area contributed by atoms with Crippen LogP contribution >= 0.6 is 15.9 Å². The van der Waals surface area contributed by atoms with Crippen LogP contribution in [-0.2, 0) is 20.9 Å². The summed E-state index contributed by atoms with van der Waals surface area (Å²) >= 11 is 3.46. The van der Waals surface area contributed by atoms with Gasteiger partial charge in [0, 0.05) is 25.0 Å². The van der Waals surface area contributed by atoms with E-state index in [0.717, 1.165) is 20.8 Å². The molecule has 0 saturated heterocycles. The molecule has 1 N–H and O–H groups in total. The SMILES string of the molecule is CC(=O)Nc1cc2ccccc2cc1C(=O)OCC(=O)N(C)Cc1ccccc1Br.